The minimum atomic E-state index is -4.25. The fourth-order valence-electron chi connectivity index (χ4n) is 1.99. The summed E-state index contributed by atoms with van der Waals surface area (Å²) in [7, 11) is -4.25. The van der Waals surface area contributed by atoms with Crippen LogP contribution in [0, 0.1) is 11.8 Å². The summed E-state index contributed by atoms with van der Waals surface area (Å²) in [5, 5.41) is 0. The predicted octanol–water partition coefficient (Wildman–Crippen LogP) is 2.11. The zero-order valence-corrected chi connectivity index (χ0v) is 8.11. The Balaban J connectivity index is 2.43. The molecule has 2 unspecified atom stereocenters. The molecule has 0 spiro atoms. The Bertz CT molecular complexity index is 235. The normalized spacial score (nSPS) is 31.8. The van der Waals surface area contributed by atoms with Gasteiger partial charge in [0.25, 0.3) is 0 Å². The van der Waals surface area contributed by atoms with Gasteiger partial charge in [0.1, 0.15) is 0 Å². The van der Waals surface area contributed by atoms with Crippen molar-refractivity contribution in [3.63, 3.8) is 0 Å². The van der Waals surface area contributed by atoms with E-state index in [0.29, 0.717) is 5.92 Å². The fraction of sp³-hybridized carbons (Fsp3) is 1.00. The average molecular weight is 194 g/mol. The Morgan fingerprint density at radius 3 is 2.58 bits per heavy atom. The van der Waals surface area contributed by atoms with E-state index in [4.69, 9.17) is 0 Å². The molecule has 4 heteroatoms. The van der Waals surface area contributed by atoms with Crippen LogP contribution in [0.5, 0.6) is 0 Å². The predicted molar refractivity (Wildman–Crippen MR) is 46.0 cm³/mol. The van der Waals surface area contributed by atoms with Crippen molar-refractivity contribution in [2.75, 3.05) is 5.75 Å². The number of hydrogen-bond donors (Lipinski definition) is 0. The van der Waals surface area contributed by atoms with E-state index >= 15 is 0 Å². The molecule has 0 saturated heterocycles. The van der Waals surface area contributed by atoms with Crippen molar-refractivity contribution >= 4 is 10.2 Å². The van der Waals surface area contributed by atoms with Crippen molar-refractivity contribution in [1.29, 1.82) is 0 Å². The molecule has 72 valence electrons. The van der Waals surface area contributed by atoms with Crippen LogP contribution in [-0.2, 0) is 10.2 Å². The van der Waals surface area contributed by atoms with Gasteiger partial charge in [0.2, 0.25) is 0 Å². The summed E-state index contributed by atoms with van der Waals surface area (Å²) >= 11 is 0. The van der Waals surface area contributed by atoms with E-state index in [9.17, 15) is 12.3 Å². The Morgan fingerprint density at radius 1 is 1.42 bits per heavy atom. The highest BCUT2D eigenvalue weighted by molar-refractivity contribution is 7.86. The van der Waals surface area contributed by atoms with E-state index in [1.54, 1.807) is 0 Å². The molecule has 1 rings (SSSR count). The van der Waals surface area contributed by atoms with Crippen LogP contribution in [-0.4, -0.2) is 14.2 Å². The van der Waals surface area contributed by atoms with E-state index in [-0.39, 0.29) is 11.7 Å². The molecule has 1 saturated carbocycles. The van der Waals surface area contributed by atoms with E-state index < -0.39 is 10.2 Å². The molecule has 0 aromatic carbocycles. The minimum absolute atomic E-state index is 0.0590. The summed E-state index contributed by atoms with van der Waals surface area (Å²) in [5.41, 5.74) is 0. The van der Waals surface area contributed by atoms with Crippen molar-refractivity contribution in [2.45, 2.75) is 32.6 Å². The molecule has 1 fully saturated rings. The van der Waals surface area contributed by atoms with Crippen LogP contribution in [0.25, 0.3) is 0 Å². The third-order valence-electron chi connectivity index (χ3n) is 2.48. The summed E-state index contributed by atoms with van der Waals surface area (Å²) in [4.78, 5) is 0. The van der Waals surface area contributed by atoms with Gasteiger partial charge in [-0.15, -0.1) is 3.89 Å². The summed E-state index contributed by atoms with van der Waals surface area (Å²) in [6.07, 6.45) is 3.93. The van der Waals surface area contributed by atoms with Crippen molar-refractivity contribution in [3.8, 4) is 0 Å². The van der Waals surface area contributed by atoms with Crippen LogP contribution < -0.4 is 0 Å². The molecule has 12 heavy (non-hydrogen) atoms. The van der Waals surface area contributed by atoms with E-state index in [1.807, 2.05) is 0 Å². The molecule has 0 N–H and O–H groups in total. The molecule has 0 amide bonds. The fourth-order valence-corrected chi connectivity index (χ4v) is 2.86. The second-order valence-electron chi connectivity index (χ2n) is 3.84. The van der Waals surface area contributed by atoms with E-state index in [0.717, 1.165) is 25.7 Å². The SMILES string of the molecule is CC1CCCC(CS(=O)(=O)F)C1. The lowest BCUT2D eigenvalue weighted by Crippen LogP contribution is -2.19. The highest BCUT2D eigenvalue weighted by atomic mass is 32.3. The van der Waals surface area contributed by atoms with Gasteiger partial charge in [-0.3, -0.25) is 0 Å². The summed E-state index contributed by atoms with van der Waals surface area (Å²) in [6.45, 7) is 2.09. The lowest BCUT2D eigenvalue weighted by molar-refractivity contribution is 0.300. The highest BCUT2D eigenvalue weighted by Crippen LogP contribution is 2.29. The number of rotatable bonds is 2. The first-order valence-corrected chi connectivity index (χ1v) is 5.95. The number of halogens is 1. The smallest absolute Gasteiger partial charge is 0.195 e. The minimum Gasteiger partial charge on any atom is -0.195 e. The third kappa shape index (κ3) is 3.52. The van der Waals surface area contributed by atoms with Crippen molar-refractivity contribution < 1.29 is 12.3 Å². The molecule has 1 aliphatic carbocycles. The van der Waals surface area contributed by atoms with Crippen LogP contribution in [0.3, 0.4) is 0 Å². The maximum atomic E-state index is 12.3. The van der Waals surface area contributed by atoms with Gasteiger partial charge in [-0.05, 0) is 24.7 Å². The van der Waals surface area contributed by atoms with Crippen LogP contribution in [0.15, 0.2) is 0 Å². The standard InChI is InChI=1S/C8H15FO2S/c1-7-3-2-4-8(5-7)6-12(9,10)11/h7-8H,2-6H2,1H3. The second kappa shape index (κ2) is 3.73. The quantitative estimate of drug-likeness (QED) is 0.631. The molecule has 0 bridgehead atoms. The zero-order valence-electron chi connectivity index (χ0n) is 7.29. The molecule has 0 aliphatic heterocycles. The molecule has 1 aliphatic rings. The number of hydrogen-bond acceptors (Lipinski definition) is 2. The average Bonchev–Trinajstić information content (AvgIpc) is 1.82. The molecule has 2 atom stereocenters. The molecule has 0 aromatic heterocycles. The summed E-state index contributed by atoms with van der Waals surface area (Å²) in [5.74, 6) is 0.353. The van der Waals surface area contributed by atoms with Gasteiger partial charge in [0.05, 0.1) is 5.75 Å². The van der Waals surface area contributed by atoms with Crippen molar-refractivity contribution in [1.82, 2.24) is 0 Å². The van der Waals surface area contributed by atoms with Crippen molar-refractivity contribution in [2.24, 2.45) is 11.8 Å². The third-order valence-corrected chi connectivity index (χ3v) is 3.35. The Labute approximate surface area is 73.4 Å². The zero-order chi connectivity index (χ0) is 9.19. The molecule has 0 heterocycles. The Kier molecular flexibility index (Phi) is 3.09. The second-order valence-corrected chi connectivity index (χ2v) is 5.25. The molecule has 0 aromatic rings. The molecule has 2 nitrogen and oxygen atoms in total. The van der Waals surface area contributed by atoms with Gasteiger partial charge in [-0.25, -0.2) is 0 Å². The van der Waals surface area contributed by atoms with Gasteiger partial charge in [-0.2, -0.15) is 8.42 Å². The van der Waals surface area contributed by atoms with Gasteiger partial charge in [0.15, 0.2) is 0 Å². The van der Waals surface area contributed by atoms with Gasteiger partial charge in [0, 0.05) is 0 Å². The van der Waals surface area contributed by atoms with Crippen LogP contribution in [0.2, 0.25) is 0 Å². The van der Waals surface area contributed by atoms with Gasteiger partial charge < -0.3 is 0 Å². The summed E-state index contributed by atoms with van der Waals surface area (Å²) in [6, 6.07) is 0. The Morgan fingerprint density at radius 2 is 2.08 bits per heavy atom. The molecular formula is C8H15FO2S. The molecular weight excluding hydrogens is 179 g/mol. The summed E-state index contributed by atoms with van der Waals surface area (Å²) < 4.78 is 33.0. The lowest BCUT2D eigenvalue weighted by Gasteiger charge is -2.25. The first kappa shape index (κ1) is 9.96. The highest BCUT2D eigenvalue weighted by Gasteiger charge is 2.23. The van der Waals surface area contributed by atoms with Gasteiger partial charge >= 0.3 is 10.2 Å². The maximum Gasteiger partial charge on any atom is 0.302 e. The molecule has 0 radical (unpaired) electrons. The largest absolute Gasteiger partial charge is 0.302 e. The first-order valence-electron chi connectivity index (χ1n) is 4.39. The first-order chi connectivity index (χ1) is 5.47. The van der Waals surface area contributed by atoms with Crippen LogP contribution in [0.1, 0.15) is 32.6 Å². The Hall–Kier alpha value is -0.120. The van der Waals surface area contributed by atoms with Crippen LogP contribution >= 0.6 is 0 Å². The maximum absolute atomic E-state index is 12.3. The van der Waals surface area contributed by atoms with Crippen LogP contribution in [0.4, 0.5) is 3.89 Å². The monoisotopic (exact) mass is 194 g/mol. The lowest BCUT2D eigenvalue weighted by atomic mass is 9.84. The van der Waals surface area contributed by atoms with Crippen molar-refractivity contribution in [3.05, 3.63) is 0 Å². The van der Waals surface area contributed by atoms with Gasteiger partial charge in [-0.1, -0.05) is 19.8 Å². The van der Waals surface area contributed by atoms with E-state index in [1.165, 1.54) is 0 Å². The topological polar surface area (TPSA) is 34.1 Å². The van der Waals surface area contributed by atoms with E-state index in [2.05, 4.69) is 6.92 Å².